The minimum Gasteiger partial charge on any atom is -0.368 e. The molecule has 0 saturated carbocycles. The van der Waals surface area contributed by atoms with Gasteiger partial charge in [0.25, 0.3) is 0 Å². The Morgan fingerprint density at radius 1 is 0.861 bits per heavy atom. The number of nitrogens with one attached hydrogen (secondary N) is 2. The second-order valence-corrected chi connectivity index (χ2v) is 11.0. The minimum atomic E-state index is -3.33. The van der Waals surface area contributed by atoms with Gasteiger partial charge in [0, 0.05) is 23.2 Å². The summed E-state index contributed by atoms with van der Waals surface area (Å²) in [5, 5.41) is 4.63. The van der Waals surface area contributed by atoms with E-state index in [0.29, 0.717) is 11.5 Å². The largest absolute Gasteiger partial charge is 0.368 e. The fourth-order valence-corrected chi connectivity index (χ4v) is 5.36. The summed E-state index contributed by atoms with van der Waals surface area (Å²) in [6.45, 7) is 2.94. The van der Waals surface area contributed by atoms with Gasteiger partial charge in [-0.2, -0.15) is 0 Å². The van der Waals surface area contributed by atoms with Crippen LogP contribution in [0.4, 0.5) is 11.5 Å². The van der Waals surface area contributed by atoms with Crippen LogP contribution < -0.4 is 10.0 Å². The number of hydrogen-bond donors (Lipinski definition) is 2. The molecule has 4 aromatic rings. The Hall–Kier alpha value is -3.49. The van der Waals surface area contributed by atoms with Crippen LogP contribution >= 0.6 is 0 Å². The standard InChI is InChI=1S/C28H31N5O2S/c1-36(34,35)32-23-16-14-22(15-17-23)27-30-25-13-7-6-12-24(25)28(31-27)29-20-26(21-10-4-2-5-11-21)33-18-8-3-9-19-33/h2,4-7,10-17,26,32H,3,8-9,18-20H2,1H3,(H,29,30,31). The molecule has 8 heteroatoms. The number of aromatic nitrogens is 2. The predicted octanol–water partition coefficient (Wildman–Crippen LogP) is 5.31. The van der Waals surface area contributed by atoms with E-state index < -0.39 is 10.0 Å². The molecule has 2 heterocycles. The van der Waals surface area contributed by atoms with E-state index in [1.54, 1.807) is 12.1 Å². The summed E-state index contributed by atoms with van der Waals surface area (Å²) in [4.78, 5) is 12.3. The Morgan fingerprint density at radius 2 is 1.56 bits per heavy atom. The van der Waals surface area contributed by atoms with Gasteiger partial charge in [-0.1, -0.05) is 48.9 Å². The summed E-state index contributed by atoms with van der Waals surface area (Å²) < 4.78 is 25.6. The maximum absolute atomic E-state index is 11.5. The normalized spacial score (nSPS) is 15.5. The number of piperidine rings is 1. The van der Waals surface area contributed by atoms with E-state index in [9.17, 15) is 8.42 Å². The summed E-state index contributed by atoms with van der Waals surface area (Å²) >= 11 is 0. The van der Waals surface area contributed by atoms with Crippen LogP contribution in [0.5, 0.6) is 0 Å². The molecule has 5 rings (SSSR count). The number of benzene rings is 3. The quantitative estimate of drug-likeness (QED) is 0.340. The van der Waals surface area contributed by atoms with E-state index >= 15 is 0 Å². The van der Waals surface area contributed by atoms with Crippen molar-refractivity contribution in [2.24, 2.45) is 0 Å². The molecule has 1 aliphatic heterocycles. The highest BCUT2D eigenvalue weighted by atomic mass is 32.2. The summed E-state index contributed by atoms with van der Waals surface area (Å²) in [6, 6.07) is 26.1. The number of likely N-dealkylation sites (tertiary alicyclic amines) is 1. The van der Waals surface area contributed by atoms with E-state index in [-0.39, 0.29) is 6.04 Å². The van der Waals surface area contributed by atoms with E-state index in [2.05, 4.69) is 45.3 Å². The molecule has 1 unspecified atom stereocenters. The molecule has 7 nitrogen and oxygen atoms in total. The summed E-state index contributed by atoms with van der Waals surface area (Å²) in [5.41, 5.74) is 3.49. The predicted molar refractivity (Wildman–Crippen MR) is 147 cm³/mol. The maximum Gasteiger partial charge on any atom is 0.229 e. The number of para-hydroxylation sites is 1. The Morgan fingerprint density at radius 3 is 2.28 bits per heavy atom. The van der Waals surface area contributed by atoms with Gasteiger partial charge in [0.15, 0.2) is 5.82 Å². The highest BCUT2D eigenvalue weighted by Gasteiger charge is 2.22. The molecule has 2 N–H and O–H groups in total. The zero-order valence-electron chi connectivity index (χ0n) is 20.4. The average Bonchev–Trinajstić information content (AvgIpc) is 2.89. The van der Waals surface area contributed by atoms with Gasteiger partial charge in [0.2, 0.25) is 10.0 Å². The van der Waals surface area contributed by atoms with Crippen molar-refractivity contribution in [2.45, 2.75) is 25.3 Å². The van der Waals surface area contributed by atoms with Crippen molar-refractivity contribution < 1.29 is 8.42 Å². The van der Waals surface area contributed by atoms with Gasteiger partial charge in [-0.3, -0.25) is 9.62 Å². The number of nitrogens with zero attached hydrogens (tertiary/aromatic N) is 3. The molecule has 0 amide bonds. The first-order valence-electron chi connectivity index (χ1n) is 12.3. The monoisotopic (exact) mass is 501 g/mol. The average molecular weight is 502 g/mol. The number of fused-ring (bicyclic) bond motifs is 1. The molecule has 1 atom stereocenters. The van der Waals surface area contributed by atoms with Crippen LogP contribution in [0.3, 0.4) is 0 Å². The van der Waals surface area contributed by atoms with Crippen molar-refractivity contribution in [2.75, 3.05) is 35.9 Å². The van der Waals surface area contributed by atoms with Crippen LogP contribution in [0.15, 0.2) is 78.9 Å². The fourth-order valence-electron chi connectivity index (χ4n) is 4.80. The fraction of sp³-hybridized carbons (Fsp3) is 0.286. The third-order valence-corrected chi connectivity index (χ3v) is 7.13. The van der Waals surface area contributed by atoms with Gasteiger partial charge >= 0.3 is 0 Å². The molecule has 1 saturated heterocycles. The van der Waals surface area contributed by atoms with Gasteiger partial charge in [0.05, 0.1) is 17.8 Å². The van der Waals surface area contributed by atoms with E-state index in [4.69, 9.17) is 9.97 Å². The Labute approximate surface area is 212 Å². The van der Waals surface area contributed by atoms with Crippen molar-refractivity contribution in [3.05, 3.63) is 84.4 Å². The highest BCUT2D eigenvalue weighted by molar-refractivity contribution is 7.92. The minimum absolute atomic E-state index is 0.255. The lowest BCUT2D eigenvalue weighted by molar-refractivity contribution is 0.170. The molecule has 1 fully saturated rings. The maximum atomic E-state index is 11.5. The SMILES string of the molecule is CS(=O)(=O)Nc1ccc(-c2nc(NCC(c3ccccc3)N3CCCCC3)c3ccccc3n2)cc1. The van der Waals surface area contributed by atoms with Gasteiger partial charge in [-0.25, -0.2) is 18.4 Å². The van der Waals surface area contributed by atoms with Crippen LogP contribution in [0, 0.1) is 0 Å². The van der Waals surface area contributed by atoms with Crippen molar-refractivity contribution in [1.29, 1.82) is 0 Å². The molecule has 0 radical (unpaired) electrons. The number of anilines is 2. The molecule has 0 aliphatic carbocycles. The van der Waals surface area contributed by atoms with Crippen LogP contribution in [-0.4, -0.2) is 49.2 Å². The molecule has 3 aromatic carbocycles. The third kappa shape index (κ3) is 5.83. The Bertz CT molecular complexity index is 1420. The number of rotatable bonds is 8. The van der Waals surface area contributed by atoms with Crippen molar-refractivity contribution in [1.82, 2.24) is 14.9 Å². The van der Waals surface area contributed by atoms with Crippen LogP contribution in [-0.2, 0) is 10.0 Å². The first-order chi connectivity index (χ1) is 17.5. The van der Waals surface area contributed by atoms with Crippen LogP contribution in [0.2, 0.25) is 0 Å². The summed E-state index contributed by atoms with van der Waals surface area (Å²) in [6.07, 6.45) is 4.89. The number of sulfonamides is 1. The third-order valence-electron chi connectivity index (χ3n) is 6.53. The molecule has 1 aliphatic rings. The summed E-state index contributed by atoms with van der Waals surface area (Å²) in [5.74, 6) is 1.39. The van der Waals surface area contributed by atoms with E-state index in [1.165, 1.54) is 24.8 Å². The zero-order chi connectivity index (χ0) is 25.0. The first-order valence-corrected chi connectivity index (χ1v) is 14.2. The van der Waals surface area contributed by atoms with E-state index in [1.807, 2.05) is 36.4 Å². The number of hydrogen-bond acceptors (Lipinski definition) is 6. The molecule has 1 aromatic heterocycles. The van der Waals surface area contributed by atoms with Crippen molar-refractivity contribution in [3.8, 4) is 11.4 Å². The highest BCUT2D eigenvalue weighted by Crippen LogP contribution is 2.29. The van der Waals surface area contributed by atoms with Crippen molar-refractivity contribution in [3.63, 3.8) is 0 Å². The molecule has 186 valence electrons. The lowest BCUT2D eigenvalue weighted by atomic mass is 10.0. The van der Waals surface area contributed by atoms with Gasteiger partial charge in [0.1, 0.15) is 5.82 Å². The lowest BCUT2D eigenvalue weighted by Crippen LogP contribution is -2.37. The second-order valence-electron chi connectivity index (χ2n) is 9.27. The van der Waals surface area contributed by atoms with E-state index in [0.717, 1.165) is 48.2 Å². The molecule has 36 heavy (non-hydrogen) atoms. The Balaban J connectivity index is 1.45. The smallest absolute Gasteiger partial charge is 0.229 e. The molecule has 0 spiro atoms. The lowest BCUT2D eigenvalue weighted by Gasteiger charge is -2.35. The second kappa shape index (κ2) is 10.6. The van der Waals surface area contributed by atoms with Crippen molar-refractivity contribution >= 4 is 32.4 Å². The molecular weight excluding hydrogens is 470 g/mol. The topological polar surface area (TPSA) is 87.2 Å². The molecular formula is C28H31N5O2S. The Kier molecular flexibility index (Phi) is 7.16. The van der Waals surface area contributed by atoms with Gasteiger partial charge in [-0.15, -0.1) is 0 Å². The first kappa shape index (κ1) is 24.2. The van der Waals surface area contributed by atoms with Crippen LogP contribution in [0.1, 0.15) is 30.9 Å². The van der Waals surface area contributed by atoms with Gasteiger partial charge in [-0.05, 0) is 67.9 Å². The zero-order valence-corrected chi connectivity index (χ0v) is 21.2. The summed E-state index contributed by atoms with van der Waals surface area (Å²) in [7, 11) is -3.33. The molecule has 0 bridgehead atoms. The van der Waals surface area contributed by atoms with Crippen LogP contribution in [0.25, 0.3) is 22.3 Å². The van der Waals surface area contributed by atoms with Gasteiger partial charge < -0.3 is 5.32 Å².